The molecular weight excluding hydrogens is 152 g/mol. The largest absolute Gasteiger partial charge is 0.232 e. The zero-order valence-corrected chi connectivity index (χ0v) is 6.10. The van der Waals surface area contributed by atoms with Gasteiger partial charge >= 0.3 is 0 Å². The monoisotopic (exact) mass is 156 g/mol. The smallest absolute Gasteiger partial charge is 0.227 e. The van der Waals surface area contributed by atoms with E-state index >= 15 is 0 Å². The van der Waals surface area contributed by atoms with Gasteiger partial charge in [-0.3, -0.25) is 0 Å². The highest BCUT2D eigenvalue weighted by Crippen LogP contribution is 1.97. The maximum atomic E-state index is 8.36. The number of hydrogen-bond donors (Lipinski definition) is 0. The van der Waals surface area contributed by atoms with E-state index in [1.807, 2.05) is 6.07 Å². The van der Waals surface area contributed by atoms with Gasteiger partial charge in [-0.1, -0.05) is 0 Å². The molecule has 0 aromatic carbocycles. The predicted octanol–water partition coefficient (Wildman–Crippen LogP) is 0.885. The zero-order valence-electron chi connectivity index (χ0n) is 6.10. The van der Waals surface area contributed by atoms with E-state index in [1.54, 1.807) is 12.1 Å². The summed E-state index contributed by atoms with van der Waals surface area (Å²) < 4.78 is 0. The van der Waals surface area contributed by atoms with Gasteiger partial charge in [0, 0.05) is 24.0 Å². The van der Waals surface area contributed by atoms with Gasteiger partial charge in [-0.2, -0.15) is 10.5 Å². The normalized spacial score (nSPS) is 9.17. The van der Waals surface area contributed by atoms with Crippen LogP contribution in [-0.2, 0) is 0 Å². The van der Waals surface area contributed by atoms with E-state index < -0.39 is 0 Å². The summed E-state index contributed by atoms with van der Waals surface area (Å²) in [4.78, 5) is 7.43. The molecule has 0 N–H and O–H groups in total. The number of nitrogens with zero attached hydrogens (tertiary/aromatic N) is 4. The van der Waals surface area contributed by atoms with Crippen molar-refractivity contribution >= 4 is 6.08 Å². The summed E-state index contributed by atoms with van der Waals surface area (Å²) in [5.41, 5.74) is 0.704. The zero-order chi connectivity index (χ0) is 8.81. The molecule has 1 heterocycles. The second kappa shape index (κ2) is 3.85. The minimum atomic E-state index is 0.129. The molecule has 4 heteroatoms. The van der Waals surface area contributed by atoms with Crippen LogP contribution in [0.4, 0.5) is 0 Å². The lowest BCUT2D eigenvalue weighted by molar-refractivity contribution is 1.11. The molecule has 0 spiro atoms. The molecule has 0 radical (unpaired) electrons. The summed E-state index contributed by atoms with van der Waals surface area (Å²) in [7, 11) is 0. The first kappa shape index (κ1) is 7.90. The van der Waals surface area contributed by atoms with Crippen molar-refractivity contribution in [3.05, 3.63) is 29.9 Å². The van der Waals surface area contributed by atoms with E-state index in [9.17, 15) is 0 Å². The molecule has 0 aliphatic rings. The van der Waals surface area contributed by atoms with Crippen molar-refractivity contribution in [2.24, 2.45) is 0 Å². The Bertz CT molecular complexity index is 364. The van der Waals surface area contributed by atoms with Gasteiger partial charge in [-0.25, -0.2) is 9.97 Å². The minimum absolute atomic E-state index is 0.129. The first-order valence-electron chi connectivity index (χ1n) is 3.15. The van der Waals surface area contributed by atoms with Crippen LogP contribution in [0.2, 0.25) is 0 Å². The Morgan fingerprint density at radius 1 is 1.25 bits per heavy atom. The molecule has 0 fully saturated rings. The first-order valence-corrected chi connectivity index (χ1v) is 3.15. The lowest BCUT2D eigenvalue weighted by Gasteiger charge is -1.88. The highest BCUT2D eigenvalue weighted by Gasteiger charge is 1.91. The van der Waals surface area contributed by atoms with E-state index in [0.29, 0.717) is 5.56 Å². The van der Waals surface area contributed by atoms with Crippen molar-refractivity contribution in [2.45, 2.75) is 0 Å². The topological polar surface area (TPSA) is 73.4 Å². The third kappa shape index (κ3) is 1.89. The Hall–Kier alpha value is -2.20. The lowest BCUT2D eigenvalue weighted by atomic mass is 10.3. The molecule has 0 saturated heterocycles. The maximum absolute atomic E-state index is 8.36. The van der Waals surface area contributed by atoms with Crippen molar-refractivity contribution in [3.63, 3.8) is 0 Å². The Balaban J connectivity index is 2.88. The quantitative estimate of drug-likeness (QED) is 0.566. The van der Waals surface area contributed by atoms with Crippen molar-refractivity contribution in [3.8, 4) is 12.1 Å². The van der Waals surface area contributed by atoms with Crippen LogP contribution in [0, 0.1) is 22.7 Å². The molecule has 0 saturated carbocycles. The van der Waals surface area contributed by atoms with Gasteiger partial charge in [0.05, 0.1) is 6.07 Å². The van der Waals surface area contributed by atoms with Crippen LogP contribution in [0.5, 0.6) is 0 Å². The van der Waals surface area contributed by atoms with E-state index in [0.717, 1.165) is 0 Å². The molecule has 56 valence electrons. The number of nitriles is 2. The minimum Gasteiger partial charge on any atom is -0.227 e. The van der Waals surface area contributed by atoms with E-state index in [4.69, 9.17) is 10.5 Å². The average Bonchev–Trinajstić information content (AvgIpc) is 2.15. The van der Waals surface area contributed by atoms with Crippen molar-refractivity contribution in [2.75, 3.05) is 0 Å². The molecule has 0 bridgehead atoms. The molecule has 0 aliphatic carbocycles. The summed E-state index contributed by atoms with van der Waals surface area (Å²) in [6, 6.07) is 3.64. The van der Waals surface area contributed by atoms with E-state index in [1.165, 1.54) is 18.5 Å². The maximum Gasteiger partial charge on any atom is 0.232 e. The van der Waals surface area contributed by atoms with Crippen LogP contribution in [0.25, 0.3) is 6.08 Å². The Kier molecular flexibility index (Phi) is 2.53. The second-order valence-electron chi connectivity index (χ2n) is 1.91. The molecule has 0 aliphatic heterocycles. The van der Waals surface area contributed by atoms with Gasteiger partial charge in [0.25, 0.3) is 0 Å². The molecule has 12 heavy (non-hydrogen) atoms. The van der Waals surface area contributed by atoms with Gasteiger partial charge in [-0.15, -0.1) is 0 Å². The average molecular weight is 156 g/mol. The molecule has 4 nitrogen and oxygen atoms in total. The van der Waals surface area contributed by atoms with Crippen LogP contribution < -0.4 is 0 Å². The molecule has 1 aromatic heterocycles. The molecule has 1 aromatic rings. The van der Waals surface area contributed by atoms with Gasteiger partial charge in [0.2, 0.25) is 5.82 Å². The Labute approximate surface area is 69.4 Å². The predicted molar refractivity (Wildman–Crippen MR) is 41.4 cm³/mol. The Morgan fingerprint density at radius 3 is 2.42 bits per heavy atom. The van der Waals surface area contributed by atoms with Gasteiger partial charge < -0.3 is 0 Å². The third-order valence-electron chi connectivity index (χ3n) is 1.12. The van der Waals surface area contributed by atoms with Crippen molar-refractivity contribution in [1.29, 1.82) is 10.5 Å². The van der Waals surface area contributed by atoms with Crippen LogP contribution in [0.3, 0.4) is 0 Å². The van der Waals surface area contributed by atoms with Gasteiger partial charge in [0.1, 0.15) is 6.07 Å². The number of hydrogen-bond acceptors (Lipinski definition) is 4. The number of allylic oxidation sites excluding steroid dienone is 1. The van der Waals surface area contributed by atoms with Crippen LogP contribution in [-0.4, -0.2) is 9.97 Å². The standard InChI is InChI=1S/C8H4N4/c9-3-1-2-7-5-11-8(4-10)12-6-7/h1-2,5-6H. The lowest BCUT2D eigenvalue weighted by Crippen LogP contribution is -1.87. The fraction of sp³-hybridized carbons (Fsp3) is 0. The fourth-order valence-corrected chi connectivity index (χ4v) is 0.615. The van der Waals surface area contributed by atoms with E-state index in [-0.39, 0.29) is 5.82 Å². The SMILES string of the molecule is N#CC=Cc1cnc(C#N)nc1. The summed E-state index contributed by atoms with van der Waals surface area (Å²) in [6.45, 7) is 0. The summed E-state index contributed by atoms with van der Waals surface area (Å²) in [5, 5.41) is 16.6. The van der Waals surface area contributed by atoms with E-state index in [2.05, 4.69) is 9.97 Å². The molecule has 0 unspecified atom stereocenters. The summed E-state index contributed by atoms with van der Waals surface area (Å²) >= 11 is 0. The highest BCUT2D eigenvalue weighted by atomic mass is 14.9. The number of rotatable bonds is 1. The molecule has 1 rings (SSSR count). The molecule has 0 atom stereocenters. The second-order valence-corrected chi connectivity index (χ2v) is 1.91. The highest BCUT2D eigenvalue weighted by molar-refractivity contribution is 5.49. The Morgan fingerprint density at radius 2 is 1.92 bits per heavy atom. The number of aromatic nitrogens is 2. The summed E-state index contributed by atoms with van der Waals surface area (Å²) in [6.07, 6.45) is 5.87. The van der Waals surface area contributed by atoms with Gasteiger partial charge in [-0.05, 0) is 6.08 Å². The fourth-order valence-electron chi connectivity index (χ4n) is 0.615. The van der Waals surface area contributed by atoms with Gasteiger partial charge in [0.15, 0.2) is 0 Å². The van der Waals surface area contributed by atoms with Crippen molar-refractivity contribution in [1.82, 2.24) is 9.97 Å². The van der Waals surface area contributed by atoms with Crippen LogP contribution in [0.1, 0.15) is 11.4 Å². The third-order valence-corrected chi connectivity index (χ3v) is 1.12. The molecular formula is C8H4N4. The first-order chi connectivity index (χ1) is 5.86. The molecule has 0 amide bonds. The van der Waals surface area contributed by atoms with Crippen LogP contribution in [0.15, 0.2) is 18.5 Å². The van der Waals surface area contributed by atoms with Crippen molar-refractivity contribution < 1.29 is 0 Å². The van der Waals surface area contributed by atoms with Crippen LogP contribution >= 0.6 is 0 Å². The summed E-state index contributed by atoms with van der Waals surface area (Å²) in [5.74, 6) is 0.129.